The fourth-order valence-electron chi connectivity index (χ4n) is 3.00. The summed E-state index contributed by atoms with van der Waals surface area (Å²) in [5.74, 6) is -0.699. The van der Waals surface area contributed by atoms with Crippen molar-refractivity contribution in [1.29, 1.82) is 0 Å². The molecule has 1 aromatic carbocycles. The maximum atomic E-state index is 12.3. The molecule has 1 aliphatic heterocycles. The fourth-order valence-corrected chi connectivity index (χ4v) is 4.82. The number of piperidine rings is 1. The largest absolute Gasteiger partial charge is 0.386 e. The maximum Gasteiger partial charge on any atom is 0.276 e. The van der Waals surface area contributed by atoms with Crippen molar-refractivity contribution < 1.29 is 18.3 Å². The molecule has 2 atom stereocenters. The lowest BCUT2D eigenvalue weighted by Crippen LogP contribution is -2.48. The molecule has 1 aromatic heterocycles. The lowest BCUT2D eigenvalue weighted by Gasteiger charge is -2.29. The molecule has 3 rings (SSSR count). The number of benzene rings is 1. The number of thiophene rings is 1. The van der Waals surface area contributed by atoms with Gasteiger partial charge in [0.25, 0.3) is 10.2 Å². The number of hydrogen-bond acceptors (Lipinski definition) is 5. The zero-order valence-electron chi connectivity index (χ0n) is 13.6. The minimum absolute atomic E-state index is 0.0870. The molecule has 0 radical (unpaired) electrons. The average molecular weight is 383 g/mol. The first-order valence-corrected chi connectivity index (χ1v) is 10.4. The van der Waals surface area contributed by atoms with Crippen molar-refractivity contribution in [3.63, 3.8) is 0 Å². The minimum Gasteiger partial charge on any atom is -0.386 e. The second kappa shape index (κ2) is 7.38. The van der Waals surface area contributed by atoms with Gasteiger partial charge in [0.15, 0.2) is 0 Å². The predicted molar refractivity (Wildman–Crippen MR) is 97.2 cm³/mol. The van der Waals surface area contributed by atoms with E-state index in [2.05, 4.69) is 5.32 Å². The van der Waals surface area contributed by atoms with Crippen molar-refractivity contribution in [2.75, 3.05) is 19.6 Å². The lowest BCUT2D eigenvalue weighted by molar-refractivity contribution is -0.126. The quantitative estimate of drug-likeness (QED) is 0.714. The van der Waals surface area contributed by atoms with Crippen molar-refractivity contribution in [1.82, 2.24) is 9.62 Å². The van der Waals surface area contributed by atoms with E-state index < -0.39 is 22.2 Å². The molecule has 0 spiro atoms. The van der Waals surface area contributed by atoms with Gasteiger partial charge in [-0.25, -0.2) is 5.14 Å². The van der Waals surface area contributed by atoms with Crippen LogP contribution < -0.4 is 10.5 Å². The Morgan fingerprint density at radius 1 is 1.44 bits per heavy atom. The first kappa shape index (κ1) is 18.3. The molecule has 1 fully saturated rings. The molecule has 2 unspecified atom stereocenters. The second-order valence-corrected chi connectivity index (χ2v) is 8.85. The Kier molecular flexibility index (Phi) is 5.40. The number of nitrogens with one attached hydrogen (secondary N) is 1. The van der Waals surface area contributed by atoms with Gasteiger partial charge >= 0.3 is 0 Å². The molecule has 1 aliphatic rings. The molecule has 136 valence electrons. The molecule has 0 saturated carbocycles. The molecule has 4 N–H and O–H groups in total. The van der Waals surface area contributed by atoms with Crippen LogP contribution in [0.2, 0.25) is 0 Å². The number of carbonyl (C=O) groups excluding carboxylic acids is 1. The zero-order chi connectivity index (χ0) is 18.0. The van der Waals surface area contributed by atoms with E-state index in [0.29, 0.717) is 19.4 Å². The summed E-state index contributed by atoms with van der Waals surface area (Å²) < 4.78 is 25.1. The molecule has 0 aliphatic carbocycles. The van der Waals surface area contributed by atoms with Crippen molar-refractivity contribution in [2.24, 2.45) is 11.1 Å². The summed E-state index contributed by atoms with van der Waals surface area (Å²) in [6.45, 7) is 0.522. The Hall–Kier alpha value is -1.52. The lowest BCUT2D eigenvalue weighted by atomic mass is 9.99. The topological polar surface area (TPSA) is 113 Å². The van der Waals surface area contributed by atoms with E-state index in [1.54, 1.807) is 0 Å². The number of fused-ring (bicyclic) bond motifs is 1. The normalized spacial score (nSPS) is 20.5. The van der Waals surface area contributed by atoms with E-state index in [1.807, 2.05) is 30.3 Å². The Morgan fingerprint density at radius 2 is 2.20 bits per heavy atom. The number of aliphatic hydroxyl groups is 1. The molecular formula is C16H21N3O4S2. The van der Waals surface area contributed by atoms with Crippen LogP contribution in [0.5, 0.6) is 0 Å². The first-order chi connectivity index (χ1) is 11.8. The van der Waals surface area contributed by atoms with Gasteiger partial charge in [0.05, 0.1) is 5.92 Å². The van der Waals surface area contributed by atoms with Crippen LogP contribution in [-0.4, -0.2) is 43.4 Å². The smallest absolute Gasteiger partial charge is 0.276 e. The average Bonchev–Trinajstić information content (AvgIpc) is 3.03. The van der Waals surface area contributed by atoms with Gasteiger partial charge in [0.2, 0.25) is 5.91 Å². The molecule has 1 amide bonds. The number of nitrogens with two attached hydrogens (primary N) is 1. The molecule has 7 nitrogen and oxygen atoms in total. The molecule has 0 bridgehead atoms. The summed E-state index contributed by atoms with van der Waals surface area (Å²) in [6, 6.07) is 9.76. The van der Waals surface area contributed by atoms with Gasteiger partial charge in [-0.1, -0.05) is 18.2 Å². The number of nitrogens with zero attached hydrogens (tertiary/aromatic N) is 1. The van der Waals surface area contributed by atoms with Crippen LogP contribution in [-0.2, 0) is 15.0 Å². The first-order valence-electron chi connectivity index (χ1n) is 8.06. The monoisotopic (exact) mass is 383 g/mol. The number of amides is 1. The van der Waals surface area contributed by atoms with E-state index >= 15 is 0 Å². The van der Waals surface area contributed by atoms with Gasteiger partial charge in [-0.15, -0.1) is 11.3 Å². The van der Waals surface area contributed by atoms with E-state index in [4.69, 9.17) is 5.14 Å². The summed E-state index contributed by atoms with van der Waals surface area (Å²) in [6.07, 6.45) is 0.406. The minimum atomic E-state index is -3.78. The van der Waals surface area contributed by atoms with Gasteiger partial charge in [-0.2, -0.15) is 12.7 Å². The molecule has 2 heterocycles. The van der Waals surface area contributed by atoms with Crippen molar-refractivity contribution in [3.05, 3.63) is 35.2 Å². The highest BCUT2D eigenvalue weighted by Gasteiger charge is 2.30. The van der Waals surface area contributed by atoms with Gasteiger partial charge in [0, 0.05) is 29.2 Å². The number of aliphatic hydroxyl groups excluding tert-OH is 1. The second-order valence-electron chi connectivity index (χ2n) is 6.19. The number of carbonyl (C=O) groups is 1. The fraction of sp³-hybridized carbons (Fsp3) is 0.438. The van der Waals surface area contributed by atoms with E-state index in [1.165, 1.54) is 11.3 Å². The summed E-state index contributed by atoms with van der Waals surface area (Å²) in [4.78, 5) is 13.1. The van der Waals surface area contributed by atoms with Crippen LogP contribution >= 0.6 is 11.3 Å². The third kappa shape index (κ3) is 4.36. The van der Waals surface area contributed by atoms with Crippen LogP contribution in [0.1, 0.15) is 23.8 Å². The van der Waals surface area contributed by atoms with Crippen molar-refractivity contribution in [2.45, 2.75) is 18.9 Å². The highest BCUT2D eigenvalue weighted by atomic mass is 32.2. The van der Waals surface area contributed by atoms with Crippen LogP contribution in [0.4, 0.5) is 0 Å². The van der Waals surface area contributed by atoms with Gasteiger partial charge in [0.1, 0.15) is 6.10 Å². The van der Waals surface area contributed by atoms with Crippen molar-refractivity contribution >= 4 is 37.5 Å². The Labute approximate surface area is 150 Å². The Morgan fingerprint density at radius 3 is 2.92 bits per heavy atom. The summed E-state index contributed by atoms with van der Waals surface area (Å²) in [5.41, 5.74) is 0. The summed E-state index contributed by atoms with van der Waals surface area (Å²) in [5, 5.41) is 19.2. The molecule has 1 saturated heterocycles. The number of rotatable bonds is 5. The standard InChI is InChI=1S/C16H21N3O4S2/c17-25(22,23)19-7-3-5-12(10-19)16(21)18-9-13(20)15-8-11-4-1-2-6-14(11)24-15/h1-2,4,6,8,12-13,20H,3,5,7,9-10H2,(H,18,21)(H2,17,22,23). The van der Waals surface area contributed by atoms with Crippen molar-refractivity contribution in [3.8, 4) is 0 Å². The highest BCUT2D eigenvalue weighted by molar-refractivity contribution is 7.86. The third-order valence-electron chi connectivity index (χ3n) is 4.36. The highest BCUT2D eigenvalue weighted by Crippen LogP contribution is 2.29. The molecule has 2 aromatic rings. The molecule has 25 heavy (non-hydrogen) atoms. The predicted octanol–water partition coefficient (Wildman–Crippen LogP) is 0.966. The van der Waals surface area contributed by atoms with Gasteiger partial charge in [-0.05, 0) is 30.4 Å². The summed E-state index contributed by atoms with van der Waals surface area (Å²) >= 11 is 1.49. The van der Waals surface area contributed by atoms with Crippen LogP contribution in [0, 0.1) is 5.92 Å². The maximum absolute atomic E-state index is 12.3. The van der Waals surface area contributed by atoms with Crippen LogP contribution in [0.25, 0.3) is 10.1 Å². The Bertz CT molecular complexity index is 832. The molecular weight excluding hydrogens is 362 g/mol. The third-order valence-corrected chi connectivity index (χ3v) is 6.63. The van der Waals surface area contributed by atoms with E-state index in [9.17, 15) is 18.3 Å². The van der Waals surface area contributed by atoms with Crippen LogP contribution in [0.3, 0.4) is 0 Å². The van der Waals surface area contributed by atoms with Gasteiger partial charge < -0.3 is 10.4 Å². The summed E-state index contributed by atoms with van der Waals surface area (Å²) in [7, 11) is -3.78. The van der Waals surface area contributed by atoms with Crippen LogP contribution in [0.15, 0.2) is 30.3 Å². The molecule has 9 heteroatoms. The van der Waals surface area contributed by atoms with Gasteiger partial charge in [-0.3, -0.25) is 4.79 Å². The number of hydrogen-bond donors (Lipinski definition) is 3. The zero-order valence-corrected chi connectivity index (χ0v) is 15.2. The van der Waals surface area contributed by atoms with E-state index in [-0.39, 0.29) is 19.0 Å². The van der Waals surface area contributed by atoms with E-state index in [0.717, 1.165) is 19.3 Å². The Balaban J connectivity index is 1.58. The SMILES string of the molecule is NS(=O)(=O)N1CCCC(C(=O)NCC(O)c2cc3ccccc3s2)C1.